The fourth-order valence-electron chi connectivity index (χ4n) is 2.49. The van der Waals surface area contributed by atoms with Crippen molar-refractivity contribution in [3.05, 3.63) is 65.7 Å². The van der Waals surface area contributed by atoms with Crippen molar-refractivity contribution < 1.29 is 4.74 Å². The number of ether oxygens (including phenoxy) is 1. The molecule has 0 amide bonds. The van der Waals surface area contributed by atoms with Crippen LogP contribution in [0.1, 0.15) is 30.9 Å². The highest BCUT2D eigenvalue weighted by Crippen LogP contribution is 2.32. The van der Waals surface area contributed by atoms with Crippen LogP contribution in [0.25, 0.3) is 0 Å². The van der Waals surface area contributed by atoms with E-state index in [0.29, 0.717) is 12.6 Å². The van der Waals surface area contributed by atoms with E-state index in [4.69, 9.17) is 4.74 Å². The minimum Gasteiger partial charge on any atom is -0.489 e. The molecule has 1 fully saturated rings. The van der Waals surface area contributed by atoms with Gasteiger partial charge in [0.05, 0.1) is 0 Å². The zero-order chi connectivity index (χ0) is 14.5. The van der Waals surface area contributed by atoms with Gasteiger partial charge in [0.2, 0.25) is 0 Å². The third kappa shape index (κ3) is 4.33. The van der Waals surface area contributed by atoms with Gasteiger partial charge >= 0.3 is 0 Å². The van der Waals surface area contributed by atoms with Gasteiger partial charge in [-0.25, -0.2) is 0 Å². The maximum Gasteiger partial charge on any atom is 0.119 e. The first-order valence-electron chi connectivity index (χ1n) is 7.80. The summed E-state index contributed by atoms with van der Waals surface area (Å²) in [6.07, 6.45) is 2.78. The highest BCUT2D eigenvalue weighted by atomic mass is 16.5. The summed E-state index contributed by atoms with van der Waals surface area (Å²) in [4.78, 5) is 0. The molecule has 1 aliphatic rings. The van der Waals surface area contributed by atoms with E-state index in [1.54, 1.807) is 0 Å². The summed E-state index contributed by atoms with van der Waals surface area (Å²) < 4.78 is 5.80. The Morgan fingerprint density at radius 1 is 1.00 bits per heavy atom. The second kappa shape index (κ2) is 6.77. The van der Waals surface area contributed by atoms with Gasteiger partial charge in [-0.15, -0.1) is 0 Å². The minimum absolute atomic E-state index is 0.622. The molecule has 0 heterocycles. The van der Waals surface area contributed by atoms with Gasteiger partial charge in [-0.1, -0.05) is 42.5 Å². The van der Waals surface area contributed by atoms with Crippen LogP contribution in [0.4, 0.5) is 0 Å². The van der Waals surface area contributed by atoms with E-state index in [0.717, 1.165) is 18.2 Å². The standard InChI is InChI=1S/C19H23NO/c1-15(18-9-10-18)20-13-16-7-11-19(12-8-16)21-14-17-5-3-2-4-6-17/h2-8,11-12,15,18,20H,9-10,13-14H2,1H3. The number of hydrogen-bond donors (Lipinski definition) is 1. The summed E-state index contributed by atoms with van der Waals surface area (Å²) in [5, 5.41) is 3.60. The fourth-order valence-corrected chi connectivity index (χ4v) is 2.49. The summed E-state index contributed by atoms with van der Waals surface area (Å²) in [5.41, 5.74) is 2.51. The zero-order valence-electron chi connectivity index (χ0n) is 12.6. The molecule has 110 valence electrons. The zero-order valence-corrected chi connectivity index (χ0v) is 12.6. The van der Waals surface area contributed by atoms with E-state index >= 15 is 0 Å². The Hall–Kier alpha value is -1.80. The van der Waals surface area contributed by atoms with Crippen molar-refractivity contribution in [3.63, 3.8) is 0 Å². The van der Waals surface area contributed by atoms with Crippen LogP contribution in [0.3, 0.4) is 0 Å². The molecular formula is C19H23NO. The van der Waals surface area contributed by atoms with Gasteiger partial charge < -0.3 is 10.1 Å². The van der Waals surface area contributed by atoms with Crippen LogP contribution >= 0.6 is 0 Å². The van der Waals surface area contributed by atoms with Crippen molar-refractivity contribution in [2.45, 2.75) is 39.0 Å². The highest BCUT2D eigenvalue weighted by molar-refractivity contribution is 5.27. The minimum atomic E-state index is 0.622. The average Bonchev–Trinajstić information content (AvgIpc) is 3.37. The Labute approximate surface area is 127 Å². The number of nitrogens with one attached hydrogen (secondary N) is 1. The molecule has 0 saturated heterocycles. The predicted molar refractivity (Wildman–Crippen MR) is 86.2 cm³/mol. The van der Waals surface area contributed by atoms with Crippen molar-refractivity contribution in [2.75, 3.05) is 0 Å². The maximum absolute atomic E-state index is 5.80. The largest absolute Gasteiger partial charge is 0.489 e. The first-order chi connectivity index (χ1) is 10.3. The molecule has 0 spiro atoms. The summed E-state index contributed by atoms with van der Waals surface area (Å²) in [5.74, 6) is 1.83. The molecule has 1 N–H and O–H groups in total. The Bertz CT molecular complexity index is 546. The Balaban J connectivity index is 1.47. The third-order valence-corrected chi connectivity index (χ3v) is 4.13. The van der Waals surface area contributed by atoms with Crippen molar-refractivity contribution >= 4 is 0 Å². The lowest BCUT2D eigenvalue weighted by Gasteiger charge is -2.13. The van der Waals surface area contributed by atoms with Crippen LogP contribution < -0.4 is 10.1 Å². The Kier molecular flexibility index (Phi) is 4.56. The van der Waals surface area contributed by atoms with Crippen LogP contribution in [0.15, 0.2) is 54.6 Å². The molecule has 0 radical (unpaired) electrons. The lowest BCUT2D eigenvalue weighted by atomic mass is 10.1. The molecular weight excluding hydrogens is 258 g/mol. The quantitative estimate of drug-likeness (QED) is 0.823. The number of hydrogen-bond acceptors (Lipinski definition) is 2. The normalized spacial score (nSPS) is 15.7. The summed E-state index contributed by atoms with van der Waals surface area (Å²) in [6, 6.07) is 19.3. The van der Waals surface area contributed by atoms with Crippen LogP contribution in [-0.4, -0.2) is 6.04 Å². The maximum atomic E-state index is 5.80. The van der Waals surface area contributed by atoms with Gasteiger partial charge in [-0.2, -0.15) is 0 Å². The van der Waals surface area contributed by atoms with E-state index in [1.165, 1.54) is 24.0 Å². The topological polar surface area (TPSA) is 21.3 Å². The Morgan fingerprint density at radius 2 is 1.71 bits per heavy atom. The molecule has 2 nitrogen and oxygen atoms in total. The van der Waals surface area contributed by atoms with E-state index in [9.17, 15) is 0 Å². The molecule has 2 aromatic carbocycles. The molecule has 21 heavy (non-hydrogen) atoms. The van der Waals surface area contributed by atoms with Gasteiger partial charge in [-0.05, 0) is 48.9 Å². The number of benzene rings is 2. The molecule has 0 bridgehead atoms. The third-order valence-electron chi connectivity index (χ3n) is 4.13. The van der Waals surface area contributed by atoms with E-state index in [1.807, 2.05) is 18.2 Å². The Morgan fingerprint density at radius 3 is 2.38 bits per heavy atom. The lowest BCUT2D eigenvalue weighted by molar-refractivity contribution is 0.306. The fraction of sp³-hybridized carbons (Fsp3) is 0.368. The highest BCUT2D eigenvalue weighted by Gasteiger charge is 2.27. The summed E-state index contributed by atoms with van der Waals surface area (Å²) in [6.45, 7) is 3.85. The van der Waals surface area contributed by atoms with Crippen molar-refractivity contribution in [3.8, 4) is 5.75 Å². The van der Waals surface area contributed by atoms with Gasteiger partial charge in [-0.3, -0.25) is 0 Å². The van der Waals surface area contributed by atoms with Crippen LogP contribution in [0.2, 0.25) is 0 Å². The molecule has 2 heteroatoms. The molecule has 3 rings (SSSR count). The second-order valence-electron chi connectivity index (χ2n) is 5.93. The SMILES string of the molecule is CC(NCc1ccc(OCc2ccccc2)cc1)C1CC1. The lowest BCUT2D eigenvalue weighted by Crippen LogP contribution is -2.27. The van der Waals surface area contributed by atoms with Crippen molar-refractivity contribution in [1.29, 1.82) is 0 Å². The monoisotopic (exact) mass is 281 g/mol. The summed E-state index contributed by atoms with van der Waals surface area (Å²) in [7, 11) is 0. The predicted octanol–water partition coefficient (Wildman–Crippen LogP) is 4.15. The molecule has 0 aromatic heterocycles. The average molecular weight is 281 g/mol. The molecule has 0 aliphatic heterocycles. The molecule has 1 saturated carbocycles. The van der Waals surface area contributed by atoms with Gasteiger partial charge in [0.1, 0.15) is 12.4 Å². The van der Waals surface area contributed by atoms with Crippen LogP contribution in [0.5, 0.6) is 5.75 Å². The van der Waals surface area contributed by atoms with Crippen LogP contribution in [-0.2, 0) is 13.2 Å². The smallest absolute Gasteiger partial charge is 0.119 e. The van der Waals surface area contributed by atoms with Crippen molar-refractivity contribution in [2.24, 2.45) is 5.92 Å². The molecule has 1 aliphatic carbocycles. The van der Waals surface area contributed by atoms with Crippen molar-refractivity contribution in [1.82, 2.24) is 5.32 Å². The first kappa shape index (κ1) is 14.2. The van der Waals surface area contributed by atoms with Crippen LogP contribution in [0, 0.1) is 5.92 Å². The molecule has 2 aromatic rings. The number of rotatable bonds is 7. The molecule has 1 unspecified atom stereocenters. The van der Waals surface area contributed by atoms with E-state index in [2.05, 4.69) is 48.6 Å². The summed E-state index contributed by atoms with van der Waals surface area (Å²) >= 11 is 0. The van der Waals surface area contributed by atoms with Gasteiger partial charge in [0.15, 0.2) is 0 Å². The second-order valence-corrected chi connectivity index (χ2v) is 5.93. The van der Waals surface area contributed by atoms with E-state index in [-0.39, 0.29) is 0 Å². The van der Waals surface area contributed by atoms with Gasteiger partial charge in [0, 0.05) is 12.6 Å². The van der Waals surface area contributed by atoms with Gasteiger partial charge in [0.25, 0.3) is 0 Å². The molecule has 1 atom stereocenters. The van der Waals surface area contributed by atoms with E-state index < -0.39 is 0 Å². The first-order valence-corrected chi connectivity index (χ1v) is 7.80.